The summed E-state index contributed by atoms with van der Waals surface area (Å²) in [6.45, 7) is 11.5. The van der Waals surface area contributed by atoms with Crippen molar-refractivity contribution in [2.24, 2.45) is 0 Å². The number of halogens is 1. The average molecular weight is 481 g/mol. The number of likely N-dealkylation sites (N-methyl/N-ethyl adjacent to an activating group) is 1. The Hall–Kier alpha value is -2.59. The zero-order valence-corrected chi connectivity index (χ0v) is 20.2. The van der Waals surface area contributed by atoms with E-state index >= 15 is 4.39 Å². The number of ether oxygens (including phenoxy) is 1. The number of morpholine rings is 1. The number of thiophene rings is 1. The molecule has 0 atom stereocenters. The number of nitrogens with zero attached hydrogens (tertiary/aromatic N) is 5. The summed E-state index contributed by atoms with van der Waals surface area (Å²) in [6.07, 6.45) is 1.83. The van der Waals surface area contributed by atoms with Crippen LogP contribution in [-0.2, 0) is 11.3 Å². The van der Waals surface area contributed by atoms with Gasteiger partial charge >= 0.3 is 0 Å². The Morgan fingerprint density at radius 1 is 1.03 bits per heavy atom. The van der Waals surface area contributed by atoms with Gasteiger partial charge in [0, 0.05) is 67.8 Å². The number of aromatic amines is 1. The Balaban J connectivity index is 1.42. The summed E-state index contributed by atoms with van der Waals surface area (Å²) in [4.78, 5) is 21.6. The summed E-state index contributed by atoms with van der Waals surface area (Å²) < 4.78 is 21.8. The number of rotatable bonds is 5. The van der Waals surface area contributed by atoms with E-state index in [-0.39, 0.29) is 5.82 Å². The van der Waals surface area contributed by atoms with Crippen LogP contribution in [0.1, 0.15) is 11.8 Å². The SMILES string of the molecule is CCN1CCN(Cc2cc3nc(-c4c(F)ccc5[nH]ccc45)nc(N4CCOCC4)c3s2)CC1. The molecule has 6 rings (SSSR count). The molecule has 178 valence electrons. The van der Waals surface area contributed by atoms with Crippen LogP contribution in [-0.4, -0.2) is 83.8 Å². The van der Waals surface area contributed by atoms with Crippen molar-refractivity contribution in [1.29, 1.82) is 0 Å². The van der Waals surface area contributed by atoms with Gasteiger partial charge in [-0.2, -0.15) is 0 Å². The molecule has 2 saturated heterocycles. The molecule has 2 fully saturated rings. The average Bonchev–Trinajstić information content (AvgIpc) is 3.51. The van der Waals surface area contributed by atoms with E-state index in [0.29, 0.717) is 24.6 Å². The van der Waals surface area contributed by atoms with E-state index < -0.39 is 0 Å². The maximum atomic E-state index is 15.1. The quantitative estimate of drug-likeness (QED) is 0.467. The molecule has 0 saturated carbocycles. The Kier molecular flexibility index (Phi) is 5.94. The molecule has 3 aromatic heterocycles. The highest BCUT2D eigenvalue weighted by molar-refractivity contribution is 7.19. The Morgan fingerprint density at radius 2 is 1.82 bits per heavy atom. The first-order chi connectivity index (χ1) is 16.7. The lowest BCUT2D eigenvalue weighted by Gasteiger charge is -2.33. The molecule has 0 aliphatic carbocycles. The third-order valence-electron chi connectivity index (χ3n) is 6.91. The highest BCUT2D eigenvalue weighted by atomic mass is 32.1. The van der Waals surface area contributed by atoms with Gasteiger partial charge in [-0.25, -0.2) is 14.4 Å². The fourth-order valence-corrected chi connectivity index (χ4v) is 6.12. The number of piperazine rings is 1. The predicted molar refractivity (Wildman–Crippen MR) is 135 cm³/mol. The highest BCUT2D eigenvalue weighted by Crippen LogP contribution is 2.37. The van der Waals surface area contributed by atoms with Gasteiger partial charge in [-0.1, -0.05) is 6.92 Å². The predicted octanol–water partition coefficient (Wildman–Crippen LogP) is 3.95. The highest BCUT2D eigenvalue weighted by Gasteiger charge is 2.23. The van der Waals surface area contributed by atoms with Gasteiger partial charge < -0.3 is 19.5 Å². The first-order valence-electron chi connectivity index (χ1n) is 12.0. The van der Waals surface area contributed by atoms with Gasteiger partial charge in [-0.3, -0.25) is 4.90 Å². The lowest BCUT2D eigenvalue weighted by Crippen LogP contribution is -2.45. The first kappa shape index (κ1) is 21.9. The first-order valence-corrected chi connectivity index (χ1v) is 12.8. The topological polar surface area (TPSA) is 60.5 Å². The molecule has 5 heterocycles. The molecule has 0 bridgehead atoms. The van der Waals surface area contributed by atoms with Crippen LogP contribution in [0.2, 0.25) is 0 Å². The van der Waals surface area contributed by atoms with Crippen molar-refractivity contribution in [3.05, 3.63) is 41.2 Å². The standard InChI is InChI=1S/C25H29FN6OS/c1-2-30-7-9-31(10-8-30)16-17-15-21-23(34-17)25(32-11-13-33-14-12-32)29-24(28-21)22-18-5-6-27-20(18)4-3-19(22)26/h3-6,15,27H,2,7-14,16H2,1H3. The van der Waals surface area contributed by atoms with Gasteiger partial charge in [0.25, 0.3) is 0 Å². The molecule has 0 spiro atoms. The van der Waals surface area contributed by atoms with E-state index in [1.807, 2.05) is 12.3 Å². The van der Waals surface area contributed by atoms with Crippen LogP contribution < -0.4 is 4.90 Å². The van der Waals surface area contributed by atoms with Crippen LogP contribution in [0.3, 0.4) is 0 Å². The number of hydrogen-bond donors (Lipinski definition) is 1. The van der Waals surface area contributed by atoms with E-state index in [1.165, 1.54) is 10.9 Å². The number of hydrogen-bond acceptors (Lipinski definition) is 7. The second-order valence-corrected chi connectivity index (χ2v) is 10.1. The van der Waals surface area contributed by atoms with Gasteiger partial charge in [0.2, 0.25) is 0 Å². The van der Waals surface area contributed by atoms with Crippen LogP contribution in [0.5, 0.6) is 0 Å². The molecule has 1 N–H and O–H groups in total. The molecule has 4 aromatic rings. The second-order valence-electron chi connectivity index (χ2n) is 8.97. The van der Waals surface area contributed by atoms with Crippen molar-refractivity contribution >= 4 is 38.3 Å². The monoisotopic (exact) mass is 480 g/mol. The summed E-state index contributed by atoms with van der Waals surface area (Å²) in [5, 5.41) is 0.802. The summed E-state index contributed by atoms with van der Waals surface area (Å²) >= 11 is 1.77. The molecule has 0 unspecified atom stereocenters. The number of nitrogens with one attached hydrogen (secondary N) is 1. The lowest BCUT2D eigenvalue weighted by atomic mass is 10.1. The smallest absolute Gasteiger partial charge is 0.165 e. The Bertz CT molecular complexity index is 1310. The van der Waals surface area contributed by atoms with Crippen molar-refractivity contribution in [2.75, 3.05) is 63.9 Å². The number of fused-ring (bicyclic) bond motifs is 2. The number of benzene rings is 1. The molecule has 34 heavy (non-hydrogen) atoms. The van der Waals surface area contributed by atoms with Gasteiger partial charge in [0.15, 0.2) is 11.6 Å². The summed E-state index contributed by atoms with van der Waals surface area (Å²) in [7, 11) is 0. The van der Waals surface area contributed by atoms with Gasteiger partial charge in [0.1, 0.15) is 5.82 Å². The van der Waals surface area contributed by atoms with E-state index in [9.17, 15) is 0 Å². The third kappa shape index (κ3) is 4.07. The molecule has 2 aliphatic rings. The number of H-pyrrole nitrogens is 1. The second kappa shape index (κ2) is 9.22. The maximum absolute atomic E-state index is 15.1. The molecule has 0 radical (unpaired) electrons. The summed E-state index contributed by atoms with van der Waals surface area (Å²) in [6, 6.07) is 7.32. The van der Waals surface area contributed by atoms with Gasteiger partial charge in [-0.15, -0.1) is 11.3 Å². The van der Waals surface area contributed by atoms with Gasteiger partial charge in [0.05, 0.1) is 29.0 Å². The molecule has 2 aliphatic heterocycles. The number of aromatic nitrogens is 3. The van der Waals surface area contributed by atoms with Crippen LogP contribution in [0, 0.1) is 5.82 Å². The minimum atomic E-state index is -0.302. The molecule has 0 amide bonds. The number of anilines is 1. The minimum Gasteiger partial charge on any atom is -0.378 e. The van der Waals surface area contributed by atoms with Crippen molar-refractivity contribution in [2.45, 2.75) is 13.5 Å². The lowest BCUT2D eigenvalue weighted by molar-refractivity contribution is 0.122. The van der Waals surface area contributed by atoms with Crippen LogP contribution in [0.25, 0.3) is 32.5 Å². The van der Waals surface area contributed by atoms with Crippen LogP contribution in [0.15, 0.2) is 30.5 Å². The summed E-state index contributed by atoms with van der Waals surface area (Å²) in [5.74, 6) is 1.03. The largest absolute Gasteiger partial charge is 0.378 e. The fourth-order valence-electron chi connectivity index (χ4n) is 4.96. The molecule has 1 aromatic carbocycles. The van der Waals surface area contributed by atoms with Crippen molar-refractivity contribution in [3.63, 3.8) is 0 Å². The van der Waals surface area contributed by atoms with Gasteiger partial charge in [-0.05, 0) is 30.8 Å². The zero-order valence-electron chi connectivity index (χ0n) is 19.4. The molecular weight excluding hydrogens is 451 g/mol. The zero-order chi connectivity index (χ0) is 23.1. The van der Waals surface area contributed by atoms with Crippen LogP contribution >= 0.6 is 11.3 Å². The molecule has 9 heteroatoms. The van der Waals surface area contributed by atoms with E-state index in [2.05, 4.69) is 32.7 Å². The van der Waals surface area contributed by atoms with E-state index in [1.54, 1.807) is 17.4 Å². The normalized spacial score (nSPS) is 18.4. The van der Waals surface area contributed by atoms with Crippen molar-refractivity contribution in [1.82, 2.24) is 24.8 Å². The maximum Gasteiger partial charge on any atom is 0.165 e. The molecule has 7 nitrogen and oxygen atoms in total. The summed E-state index contributed by atoms with van der Waals surface area (Å²) in [5.41, 5.74) is 2.23. The molecular formula is C25H29FN6OS. The Morgan fingerprint density at radius 3 is 2.62 bits per heavy atom. The van der Waals surface area contributed by atoms with Crippen molar-refractivity contribution < 1.29 is 9.13 Å². The van der Waals surface area contributed by atoms with Crippen molar-refractivity contribution in [3.8, 4) is 11.4 Å². The van der Waals surface area contributed by atoms with E-state index in [4.69, 9.17) is 14.7 Å². The Labute approximate surface area is 202 Å². The third-order valence-corrected chi connectivity index (χ3v) is 8.02. The minimum absolute atomic E-state index is 0.302. The van der Waals surface area contributed by atoms with Crippen LogP contribution in [0.4, 0.5) is 10.2 Å². The van der Waals surface area contributed by atoms with E-state index in [0.717, 1.165) is 79.3 Å². The fraction of sp³-hybridized carbons (Fsp3) is 0.440.